The maximum absolute atomic E-state index is 12.4. The van der Waals surface area contributed by atoms with Gasteiger partial charge in [-0.2, -0.15) is 11.3 Å². The summed E-state index contributed by atoms with van der Waals surface area (Å²) in [5, 5.41) is 8.86. The summed E-state index contributed by atoms with van der Waals surface area (Å²) in [6.07, 6.45) is -4.87. The number of alkyl halides is 3. The summed E-state index contributed by atoms with van der Waals surface area (Å²) >= 11 is 2.96. The highest BCUT2D eigenvalue weighted by Crippen LogP contribution is 2.30. The molecule has 25 heavy (non-hydrogen) atoms. The molecule has 0 radical (unpaired) electrons. The number of carbonyl (C=O) groups excluding carboxylic acids is 1. The summed E-state index contributed by atoms with van der Waals surface area (Å²) in [6.45, 7) is 0. The van der Waals surface area contributed by atoms with Gasteiger partial charge in [0, 0.05) is 16.3 Å². The molecule has 0 aliphatic heterocycles. The van der Waals surface area contributed by atoms with Crippen LogP contribution < -0.4 is 10.1 Å². The largest absolute Gasteiger partial charge is 0.573 e. The molecule has 1 aromatic carbocycles. The minimum atomic E-state index is -4.83. The molecule has 0 aliphatic rings. The Labute approximate surface area is 148 Å². The Morgan fingerprint density at radius 2 is 2.00 bits per heavy atom. The zero-order valence-electron chi connectivity index (χ0n) is 12.5. The molecule has 0 saturated heterocycles. The lowest BCUT2D eigenvalue weighted by Crippen LogP contribution is -2.20. The first-order valence-corrected chi connectivity index (χ1v) is 8.84. The molecule has 1 amide bonds. The van der Waals surface area contributed by atoms with Crippen LogP contribution in [0.15, 0.2) is 46.5 Å². The Balaban J connectivity index is 1.67. The highest BCUT2D eigenvalue weighted by molar-refractivity contribution is 7.14. The van der Waals surface area contributed by atoms with Gasteiger partial charge in [0.1, 0.15) is 5.01 Å². The fourth-order valence-electron chi connectivity index (χ4n) is 2.05. The van der Waals surface area contributed by atoms with E-state index < -0.39 is 18.0 Å². The van der Waals surface area contributed by atoms with Gasteiger partial charge in [0.05, 0.1) is 17.8 Å². The molecule has 2 aromatic heterocycles. The minimum Gasteiger partial charge on any atom is -0.404 e. The fourth-order valence-corrected chi connectivity index (χ4v) is 3.58. The summed E-state index contributed by atoms with van der Waals surface area (Å²) < 4.78 is 41.1. The highest BCUT2D eigenvalue weighted by Gasteiger charge is 2.32. The average molecular weight is 384 g/mol. The van der Waals surface area contributed by atoms with Gasteiger partial charge in [0.15, 0.2) is 5.75 Å². The van der Waals surface area contributed by atoms with E-state index in [0.29, 0.717) is 5.69 Å². The van der Waals surface area contributed by atoms with Crippen LogP contribution in [-0.2, 0) is 11.2 Å². The first-order valence-electron chi connectivity index (χ1n) is 7.02. The second-order valence-corrected chi connectivity index (χ2v) is 6.56. The van der Waals surface area contributed by atoms with E-state index >= 15 is 0 Å². The lowest BCUT2D eigenvalue weighted by atomic mass is 10.2. The van der Waals surface area contributed by atoms with Gasteiger partial charge < -0.3 is 10.1 Å². The number of benzene rings is 1. The molecular formula is C16H11F3N2O2S2. The van der Waals surface area contributed by atoms with Crippen molar-refractivity contribution >= 4 is 34.3 Å². The number of halogens is 3. The van der Waals surface area contributed by atoms with E-state index in [-0.39, 0.29) is 12.1 Å². The normalized spacial score (nSPS) is 11.3. The third-order valence-corrected chi connectivity index (χ3v) is 4.67. The SMILES string of the molecule is O=C(Cc1csc(-c2ccsc2)n1)Nc1ccccc1OC(F)(F)F. The molecule has 3 rings (SSSR count). The van der Waals surface area contributed by atoms with E-state index in [1.165, 1.54) is 29.5 Å². The van der Waals surface area contributed by atoms with Crippen LogP contribution in [0, 0.1) is 0 Å². The van der Waals surface area contributed by atoms with Gasteiger partial charge in [-0.25, -0.2) is 4.98 Å². The van der Waals surface area contributed by atoms with Crippen LogP contribution in [0.1, 0.15) is 5.69 Å². The van der Waals surface area contributed by atoms with E-state index in [0.717, 1.165) is 16.6 Å². The van der Waals surface area contributed by atoms with Crippen molar-refractivity contribution in [3.8, 4) is 16.3 Å². The summed E-state index contributed by atoms with van der Waals surface area (Å²) in [5.74, 6) is -0.930. The van der Waals surface area contributed by atoms with Crippen LogP contribution in [0.25, 0.3) is 10.6 Å². The van der Waals surface area contributed by atoms with Crippen molar-refractivity contribution in [3.05, 3.63) is 52.2 Å². The maximum Gasteiger partial charge on any atom is 0.573 e. The summed E-state index contributed by atoms with van der Waals surface area (Å²) in [4.78, 5) is 16.5. The van der Waals surface area contributed by atoms with Crippen molar-refractivity contribution < 1.29 is 22.7 Å². The molecule has 4 nitrogen and oxygen atoms in total. The van der Waals surface area contributed by atoms with Gasteiger partial charge in [0.2, 0.25) is 5.91 Å². The molecule has 0 atom stereocenters. The van der Waals surface area contributed by atoms with E-state index in [4.69, 9.17) is 0 Å². The number of ether oxygens (including phenoxy) is 1. The van der Waals surface area contributed by atoms with E-state index in [9.17, 15) is 18.0 Å². The summed E-state index contributed by atoms with van der Waals surface area (Å²) in [6, 6.07) is 7.32. The number of hydrogen-bond acceptors (Lipinski definition) is 5. The molecule has 1 N–H and O–H groups in total. The van der Waals surface area contributed by atoms with Gasteiger partial charge in [-0.05, 0) is 23.6 Å². The minimum absolute atomic E-state index is 0.0407. The zero-order valence-corrected chi connectivity index (χ0v) is 14.2. The smallest absolute Gasteiger partial charge is 0.404 e. The van der Waals surface area contributed by atoms with Crippen molar-refractivity contribution in [1.29, 1.82) is 0 Å². The number of anilines is 1. The molecule has 2 heterocycles. The summed E-state index contributed by atoms with van der Waals surface area (Å²) in [5.41, 5.74) is 1.49. The fraction of sp³-hybridized carbons (Fsp3) is 0.125. The van der Waals surface area contributed by atoms with E-state index in [1.54, 1.807) is 16.7 Å². The quantitative estimate of drug-likeness (QED) is 0.677. The van der Waals surface area contributed by atoms with E-state index in [2.05, 4.69) is 15.0 Å². The van der Waals surface area contributed by atoms with Crippen molar-refractivity contribution in [2.24, 2.45) is 0 Å². The molecule has 0 aliphatic carbocycles. The van der Waals surface area contributed by atoms with Crippen molar-refractivity contribution in [2.75, 3.05) is 5.32 Å². The number of carbonyl (C=O) groups is 1. The number of aromatic nitrogens is 1. The molecule has 0 saturated carbocycles. The van der Waals surface area contributed by atoms with Gasteiger partial charge in [0.25, 0.3) is 0 Å². The molecule has 130 valence electrons. The molecule has 0 fully saturated rings. The van der Waals surface area contributed by atoms with Gasteiger partial charge >= 0.3 is 6.36 Å². The summed E-state index contributed by atoms with van der Waals surface area (Å²) in [7, 11) is 0. The highest BCUT2D eigenvalue weighted by atomic mass is 32.1. The molecule has 9 heteroatoms. The molecule has 0 unspecified atom stereocenters. The van der Waals surface area contributed by atoms with Crippen LogP contribution in [0.4, 0.5) is 18.9 Å². The Kier molecular flexibility index (Phi) is 5.05. The number of thiophene rings is 1. The Morgan fingerprint density at radius 3 is 2.72 bits per heavy atom. The molecule has 0 bridgehead atoms. The molecule has 0 spiro atoms. The average Bonchev–Trinajstić information content (AvgIpc) is 3.18. The maximum atomic E-state index is 12.4. The number of nitrogens with zero attached hydrogens (tertiary/aromatic N) is 1. The second kappa shape index (κ2) is 7.24. The van der Waals surface area contributed by atoms with Crippen LogP contribution in [-0.4, -0.2) is 17.3 Å². The lowest BCUT2D eigenvalue weighted by molar-refractivity contribution is -0.274. The van der Waals surface area contributed by atoms with Crippen molar-refractivity contribution in [1.82, 2.24) is 4.98 Å². The van der Waals surface area contributed by atoms with Crippen LogP contribution in [0.3, 0.4) is 0 Å². The number of rotatable bonds is 5. The standard InChI is InChI=1S/C16H11F3N2O2S2/c17-16(18,19)23-13-4-2-1-3-12(13)21-14(22)7-11-9-25-15(20-11)10-5-6-24-8-10/h1-6,8-9H,7H2,(H,21,22). The molecule has 3 aromatic rings. The molecular weight excluding hydrogens is 373 g/mol. The van der Waals surface area contributed by atoms with Gasteiger partial charge in [-0.15, -0.1) is 24.5 Å². The van der Waals surface area contributed by atoms with E-state index in [1.807, 2.05) is 16.8 Å². The third-order valence-electron chi connectivity index (χ3n) is 3.05. The predicted octanol–water partition coefficient (Wildman–Crippen LogP) is 4.95. The first-order chi connectivity index (χ1) is 11.9. The third kappa shape index (κ3) is 4.80. The Hall–Kier alpha value is -2.39. The monoisotopic (exact) mass is 384 g/mol. The number of amides is 1. The zero-order chi connectivity index (χ0) is 17.9. The topological polar surface area (TPSA) is 51.2 Å². The number of nitrogens with one attached hydrogen (secondary N) is 1. The lowest BCUT2D eigenvalue weighted by Gasteiger charge is -2.13. The van der Waals surface area contributed by atoms with Crippen LogP contribution in [0.2, 0.25) is 0 Å². The Morgan fingerprint density at radius 1 is 1.20 bits per heavy atom. The van der Waals surface area contributed by atoms with Crippen molar-refractivity contribution in [2.45, 2.75) is 12.8 Å². The second-order valence-electron chi connectivity index (χ2n) is 4.92. The van der Waals surface area contributed by atoms with Crippen molar-refractivity contribution in [3.63, 3.8) is 0 Å². The van der Waals surface area contributed by atoms with Crippen LogP contribution >= 0.6 is 22.7 Å². The predicted molar refractivity (Wildman–Crippen MR) is 90.9 cm³/mol. The first kappa shape index (κ1) is 17.4. The Bertz CT molecular complexity index is 860. The number of hydrogen-bond donors (Lipinski definition) is 1. The number of para-hydroxylation sites is 2. The van der Waals surface area contributed by atoms with Crippen LogP contribution in [0.5, 0.6) is 5.75 Å². The van der Waals surface area contributed by atoms with Gasteiger partial charge in [-0.3, -0.25) is 4.79 Å². The van der Waals surface area contributed by atoms with Gasteiger partial charge in [-0.1, -0.05) is 12.1 Å². The number of thiazole rings is 1.